The van der Waals surface area contributed by atoms with Crippen LogP contribution in [0.4, 0.5) is 0 Å². The molecule has 362 valence electrons. The highest BCUT2D eigenvalue weighted by Gasteiger charge is 2.21. The van der Waals surface area contributed by atoms with Crippen LogP contribution in [-0.2, 0) is 25.7 Å². The van der Waals surface area contributed by atoms with Gasteiger partial charge in [0.15, 0.2) is 0 Å². The summed E-state index contributed by atoms with van der Waals surface area (Å²) in [6, 6.07) is 28.7. The molecular formula is C59H67NS9. The predicted molar refractivity (Wildman–Crippen MR) is 320 cm³/mol. The molecule has 0 saturated carbocycles. The van der Waals surface area contributed by atoms with Crippen molar-refractivity contribution in [3.8, 4) is 78.2 Å². The molecule has 0 N–H and O–H groups in total. The molecule has 10 heteroatoms. The first-order valence-electron chi connectivity index (χ1n) is 25.8. The standard InChI is InChI=1S/C59H67NS9/c1-5-9-13-17-21-40-33-35-61-55(40)48-29-25-44(63-48)46-27-31-50(65-46)57-42(23-19-15-11-7-3)37-52(67-57)54-39-60-59(69-54)53-38-43(24-20-16-12-8-4)58(68-53)51-32-28-47(66-51)45-26-30-49(64-45)56-41(34-36-62-56)22-18-14-10-6-2/h25-39H,5-24H2,1-4H3. The van der Waals surface area contributed by atoms with E-state index in [4.69, 9.17) is 4.98 Å². The molecule has 0 aliphatic rings. The van der Waals surface area contributed by atoms with Crippen LogP contribution in [0.25, 0.3) is 78.2 Å². The second kappa shape index (κ2) is 25.7. The largest absolute Gasteiger partial charge is 0.243 e. The van der Waals surface area contributed by atoms with Crippen LogP contribution >= 0.6 is 102 Å². The molecule has 1 nitrogen and oxygen atoms in total. The quantitative estimate of drug-likeness (QED) is 0.0446. The van der Waals surface area contributed by atoms with Crippen LogP contribution < -0.4 is 0 Å². The molecule has 0 atom stereocenters. The van der Waals surface area contributed by atoms with E-state index in [2.05, 4.69) is 117 Å². The van der Waals surface area contributed by atoms with Gasteiger partial charge in [-0.05, 0) is 157 Å². The maximum atomic E-state index is 5.18. The minimum Gasteiger partial charge on any atom is -0.243 e. The highest BCUT2D eigenvalue weighted by molar-refractivity contribution is 7.32. The third-order valence-corrected chi connectivity index (χ3v) is 24.2. The number of hydrogen-bond acceptors (Lipinski definition) is 10. The Balaban J connectivity index is 0.948. The summed E-state index contributed by atoms with van der Waals surface area (Å²) in [5.41, 5.74) is 6.05. The smallest absolute Gasteiger partial charge is 0.133 e. The number of hydrogen-bond donors (Lipinski definition) is 0. The van der Waals surface area contributed by atoms with E-state index in [1.807, 2.05) is 102 Å². The number of unbranched alkanes of at least 4 members (excludes halogenated alkanes) is 12. The third kappa shape index (κ3) is 12.9. The Hall–Kier alpha value is -2.77. The number of rotatable bonds is 28. The van der Waals surface area contributed by atoms with Crippen molar-refractivity contribution in [2.45, 2.75) is 156 Å². The molecule has 0 fully saturated rings. The summed E-state index contributed by atoms with van der Waals surface area (Å²) < 4.78 is 0. The second-order valence-electron chi connectivity index (χ2n) is 18.4. The molecule has 0 aromatic carbocycles. The number of aromatic nitrogens is 1. The number of thiazole rings is 1. The molecule has 0 radical (unpaired) electrons. The van der Waals surface area contributed by atoms with Gasteiger partial charge in [-0.2, -0.15) is 0 Å². The first kappa shape index (κ1) is 51.1. The van der Waals surface area contributed by atoms with E-state index in [1.165, 1.54) is 211 Å². The topological polar surface area (TPSA) is 12.9 Å². The minimum atomic E-state index is 1.12. The van der Waals surface area contributed by atoms with E-state index < -0.39 is 0 Å². The maximum Gasteiger partial charge on any atom is 0.133 e. The average molecular weight is 1080 g/mol. The van der Waals surface area contributed by atoms with Gasteiger partial charge in [0.25, 0.3) is 0 Å². The molecule has 0 aliphatic carbocycles. The summed E-state index contributed by atoms with van der Waals surface area (Å²) in [5.74, 6) is 0. The molecule has 9 aromatic rings. The van der Waals surface area contributed by atoms with Crippen molar-refractivity contribution in [1.29, 1.82) is 0 Å². The average Bonchev–Trinajstić information content (AvgIpc) is 4.19. The summed E-state index contributed by atoms with van der Waals surface area (Å²) in [4.78, 5) is 26.1. The number of thiophene rings is 8. The van der Waals surface area contributed by atoms with Crippen LogP contribution in [-0.4, -0.2) is 4.98 Å². The van der Waals surface area contributed by atoms with Crippen molar-refractivity contribution in [1.82, 2.24) is 4.98 Å². The van der Waals surface area contributed by atoms with Crippen molar-refractivity contribution in [3.63, 3.8) is 0 Å². The molecule has 69 heavy (non-hydrogen) atoms. The van der Waals surface area contributed by atoms with Crippen molar-refractivity contribution >= 4 is 102 Å². The van der Waals surface area contributed by atoms with Crippen LogP contribution in [0.1, 0.15) is 153 Å². The number of nitrogens with zero attached hydrogens (tertiary/aromatic N) is 1. The molecule has 9 rings (SSSR count). The fourth-order valence-corrected chi connectivity index (χ4v) is 19.4. The van der Waals surface area contributed by atoms with E-state index in [9.17, 15) is 0 Å². The van der Waals surface area contributed by atoms with Crippen molar-refractivity contribution in [2.24, 2.45) is 0 Å². The number of aryl methyl sites for hydroxylation is 4. The molecule has 0 amide bonds. The van der Waals surface area contributed by atoms with Gasteiger partial charge in [-0.1, -0.05) is 105 Å². The van der Waals surface area contributed by atoms with Crippen molar-refractivity contribution in [3.05, 3.63) is 112 Å². The van der Waals surface area contributed by atoms with Gasteiger partial charge in [0.2, 0.25) is 0 Å². The van der Waals surface area contributed by atoms with E-state index in [0.717, 1.165) is 17.8 Å². The van der Waals surface area contributed by atoms with Crippen LogP contribution in [0.15, 0.2) is 89.8 Å². The van der Waals surface area contributed by atoms with Gasteiger partial charge in [0.1, 0.15) is 5.01 Å². The lowest BCUT2D eigenvalue weighted by atomic mass is 10.1. The Labute approximate surface area is 449 Å². The molecule has 9 heterocycles. The van der Waals surface area contributed by atoms with Gasteiger partial charge >= 0.3 is 0 Å². The molecule has 9 aromatic heterocycles. The predicted octanol–water partition coefficient (Wildman–Crippen LogP) is 23.5. The van der Waals surface area contributed by atoms with E-state index in [1.54, 1.807) is 0 Å². The lowest BCUT2D eigenvalue weighted by Gasteiger charge is -2.02. The SMILES string of the molecule is CCCCCCc1ccsc1-c1ccc(-c2ccc(-c3sc(-c4cnc(-c5cc(CCCCCC)c(-c6ccc(-c7ccc(-c8sccc8CCCCCC)s7)s6)s5)s4)cc3CCCCCC)s2)s1. The highest BCUT2D eigenvalue weighted by Crippen LogP contribution is 2.50. The molecule has 0 bridgehead atoms. The Morgan fingerprint density at radius 1 is 0.304 bits per heavy atom. The maximum absolute atomic E-state index is 5.18. The molecule has 0 spiro atoms. The zero-order valence-corrected chi connectivity index (χ0v) is 48.3. The van der Waals surface area contributed by atoms with Crippen molar-refractivity contribution < 1.29 is 0 Å². The van der Waals surface area contributed by atoms with Crippen LogP contribution in [0.5, 0.6) is 0 Å². The fourth-order valence-electron chi connectivity index (χ4n) is 9.21. The van der Waals surface area contributed by atoms with E-state index >= 15 is 0 Å². The zero-order valence-electron chi connectivity index (χ0n) is 40.9. The van der Waals surface area contributed by atoms with E-state index in [-0.39, 0.29) is 0 Å². The van der Waals surface area contributed by atoms with Crippen molar-refractivity contribution in [2.75, 3.05) is 0 Å². The van der Waals surface area contributed by atoms with Gasteiger partial charge in [0.05, 0.1) is 9.75 Å². The molecule has 0 aliphatic heterocycles. The third-order valence-electron chi connectivity index (χ3n) is 13.1. The normalized spacial score (nSPS) is 11.8. The molecule has 0 unspecified atom stereocenters. The first-order chi connectivity index (χ1) is 34.0. The Morgan fingerprint density at radius 2 is 0.667 bits per heavy atom. The summed E-state index contributed by atoms with van der Waals surface area (Å²) in [7, 11) is 0. The highest BCUT2D eigenvalue weighted by atomic mass is 32.1. The monoisotopic (exact) mass is 1080 g/mol. The van der Waals surface area contributed by atoms with E-state index in [0.29, 0.717) is 0 Å². The van der Waals surface area contributed by atoms with Gasteiger partial charge in [0, 0.05) is 69.6 Å². The second-order valence-corrected chi connectivity index (χ2v) is 27.7. The Bertz CT molecular complexity index is 2740. The van der Waals surface area contributed by atoms with Crippen LogP contribution in [0.3, 0.4) is 0 Å². The van der Waals surface area contributed by atoms with Crippen LogP contribution in [0.2, 0.25) is 0 Å². The summed E-state index contributed by atoms with van der Waals surface area (Å²) in [6.45, 7) is 9.22. The van der Waals surface area contributed by atoms with Crippen LogP contribution in [0, 0.1) is 0 Å². The Morgan fingerprint density at radius 3 is 1.09 bits per heavy atom. The fraction of sp³-hybridized carbons (Fsp3) is 0.407. The molecule has 0 saturated heterocycles. The lowest BCUT2D eigenvalue weighted by molar-refractivity contribution is 0.668. The van der Waals surface area contributed by atoms with Gasteiger partial charge in [-0.3, -0.25) is 0 Å². The minimum absolute atomic E-state index is 1.12. The first-order valence-corrected chi connectivity index (χ1v) is 33.3. The lowest BCUT2D eigenvalue weighted by Crippen LogP contribution is -1.85. The van der Waals surface area contributed by atoms with Gasteiger partial charge in [-0.25, -0.2) is 4.98 Å². The summed E-state index contributed by atoms with van der Waals surface area (Å²) >= 11 is 17.5. The van der Waals surface area contributed by atoms with Gasteiger partial charge < -0.3 is 0 Å². The van der Waals surface area contributed by atoms with Gasteiger partial charge in [-0.15, -0.1) is 102 Å². The Kier molecular flexibility index (Phi) is 19.1. The zero-order chi connectivity index (χ0) is 47.4. The molecular weight excluding hydrogens is 1010 g/mol. The summed E-state index contributed by atoms with van der Waals surface area (Å²) in [6.07, 6.45) is 27.5. The summed E-state index contributed by atoms with van der Waals surface area (Å²) in [5, 5.41) is 5.73.